The molecule has 0 aromatic carbocycles. The average molecular weight is 204 g/mol. The Bertz CT molecular complexity index is 347. The van der Waals surface area contributed by atoms with Gasteiger partial charge in [0.1, 0.15) is 0 Å². The molecule has 2 bridgehead atoms. The SMILES string of the molecule is CC1OC12CC1CC2C2(C)CC=CCC12. The van der Waals surface area contributed by atoms with Gasteiger partial charge in [-0.15, -0.1) is 0 Å². The maximum atomic E-state index is 5.99. The number of epoxide rings is 1. The molecule has 3 fully saturated rings. The molecule has 3 aliphatic carbocycles. The fraction of sp³-hybridized carbons (Fsp3) is 0.857. The van der Waals surface area contributed by atoms with Gasteiger partial charge < -0.3 is 4.74 Å². The predicted molar refractivity (Wildman–Crippen MR) is 59.5 cm³/mol. The van der Waals surface area contributed by atoms with Crippen LogP contribution >= 0.6 is 0 Å². The van der Waals surface area contributed by atoms with E-state index < -0.39 is 0 Å². The van der Waals surface area contributed by atoms with Gasteiger partial charge in [-0.2, -0.15) is 0 Å². The zero-order chi connectivity index (χ0) is 10.3. The highest BCUT2D eigenvalue weighted by Crippen LogP contribution is 2.72. The van der Waals surface area contributed by atoms with Gasteiger partial charge in [-0.25, -0.2) is 0 Å². The van der Waals surface area contributed by atoms with E-state index in [1.54, 1.807) is 0 Å². The first-order valence-corrected chi connectivity index (χ1v) is 6.50. The first-order chi connectivity index (χ1) is 7.17. The minimum Gasteiger partial charge on any atom is -0.366 e. The molecule has 4 aliphatic rings. The van der Waals surface area contributed by atoms with Crippen molar-refractivity contribution in [2.45, 2.75) is 51.2 Å². The Balaban J connectivity index is 1.76. The van der Waals surface area contributed by atoms with E-state index in [2.05, 4.69) is 26.0 Å². The third-order valence-electron chi connectivity index (χ3n) is 6.06. The summed E-state index contributed by atoms with van der Waals surface area (Å²) in [6.45, 7) is 4.80. The van der Waals surface area contributed by atoms with Crippen LogP contribution in [-0.2, 0) is 4.74 Å². The molecule has 0 N–H and O–H groups in total. The lowest BCUT2D eigenvalue weighted by atomic mass is 9.59. The minimum atomic E-state index is 0.334. The summed E-state index contributed by atoms with van der Waals surface area (Å²) < 4.78 is 5.99. The van der Waals surface area contributed by atoms with Crippen LogP contribution in [0.1, 0.15) is 39.5 Å². The zero-order valence-electron chi connectivity index (χ0n) is 9.70. The van der Waals surface area contributed by atoms with Crippen LogP contribution in [0.4, 0.5) is 0 Å². The van der Waals surface area contributed by atoms with Crippen LogP contribution in [-0.4, -0.2) is 11.7 Å². The van der Waals surface area contributed by atoms with E-state index in [0.29, 0.717) is 17.1 Å². The number of ether oxygens (including phenoxy) is 1. The van der Waals surface area contributed by atoms with E-state index in [1.807, 2.05) is 0 Å². The van der Waals surface area contributed by atoms with Crippen LogP contribution in [0.2, 0.25) is 0 Å². The van der Waals surface area contributed by atoms with Crippen LogP contribution in [0.15, 0.2) is 12.2 Å². The molecule has 1 nitrogen and oxygen atoms in total. The van der Waals surface area contributed by atoms with Crippen LogP contribution in [0.25, 0.3) is 0 Å². The van der Waals surface area contributed by atoms with Gasteiger partial charge in [0.05, 0.1) is 11.7 Å². The summed E-state index contributed by atoms with van der Waals surface area (Å²) in [5, 5.41) is 0. The third kappa shape index (κ3) is 0.824. The molecular formula is C14H20O. The number of fused-ring (bicyclic) bond motifs is 6. The molecule has 6 unspecified atom stereocenters. The summed E-state index contributed by atoms with van der Waals surface area (Å²) in [5.41, 5.74) is 0.906. The molecule has 2 saturated carbocycles. The summed E-state index contributed by atoms with van der Waals surface area (Å²) in [7, 11) is 0. The van der Waals surface area contributed by atoms with Crippen LogP contribution < -0.4 is 0 Å². The predicted octanol–water partition coefficient (Wildman–Crippen LogP) is 3.16. The Kier molecular flexibility index (Phi) is 1.38. The monoisotopic (exact) mass is 204 g/mol. The summed E-state index contributed by atoms with van der Waals surface area (Å²) in [6.07, 6.45) is 10.8. The van der Waals surface area contributed by atoms with Gasteiger partial charge in [0, 0.05) is 0 Å². The Morgan fingerprint density at radius 2 is 2.13 bits per heavy atom. The maximum absolute atomic E-state index is 5.99. The van der Waals surface area contributed by atoms with Crippen molar-refractivity contribution in [1.29, 1.82) is 0 Å². The van der Waals surface area contributed by atoms with E-state index >= 15 is 0 Å². The molecule has 0 aromatic heterocycles. The minimum absolute atomic E-state index is 0.334. The number of hydrogen-bond acceptors (Lipinski definition) is 1. The van der Waals surface area contributed by atoms with Crippen molar-refractivity contribution in [2.75, 3.05) is 0 Å². The van der Waals surface area contributed by atoms with E-state index in [-0.39, 0.29) is 0 Å². The summed E-state index contributed by atoms with van der Waals surface area (Å²) in [5.74, 6) is 2.80. The van der Waals surface area contributed by atoms with Crippen molar-refractivity contribution in [2.24, 2.45) is 23.2 Å². The molecule has 1 heterocycles. The van der Waals surface area contributed by atoms with Crippen molar-refractivity contribution in [3.8, 4) is 0 Å². The van der Waals surface area contributed by atoms with Gasteiger partial charge in [0.2, 0.25) is 0 Å². The summed E-state index contributed by atoms with van der Waals surface area (Å²) in [4.78, 5) is 0. The van der Waals surface area contributed by atoms with E-state index in [1.165, 1.54) is 25.7 Å². The van der Waals surface area contributed by atoms with Gasteiger partial charge in [0.25, 0.3) is 0 Å². The molecule has 1 heteroatoms. The Morgan fingerprint density at radius 1 is 1.33 bits per heavy atom. The van der Waals surface area contributed by atoms with Crippen LogP contribution in [0.5, 0.6) is 0 Å². The van der Waals surface area contributed by atoms with Crippen LogP contribution in [0.3, 0.4) is 0 Å². The molecule has 82 valence electrons. The van der Waals surface area contributed by atoms with Crippen LogP contribution in [0, 0.1) is 23.2 Å². The summed E-state index contributed by atoms with van der Waals surface area (Å²) in [6, 6.07) is 0. The number of hydrogen-bond donors (Lipinski definition) is 0. The first kappa shape index (κ1) is 8.81. The average Bonchev–Trinajstić information content (AvgIpc) is 2.60. The normalized spacial score (nSPS) is 64.9. The maximum Gasteiger partial charge on any atom is 0.0981 e. The molecular weight excluding hydrogens is 184 g/mol. The second kappa shape index (κ2) is 2.34. The van der Waals surface area contributed by atoms with Crippen molar-refractivity contribution in [3.63, 3.8) is 0 Å². The molecule has 15 heavy (non-hydrogen) atoms. The second-order valence-electron chi connectivity index (χ2n) is 6.49. The van der Waals surface area contributed by atoms with Gasteiger partial charge in [0.15, 0.2) is 0 Å². The molecule has 1 saturated heterocycles. The van der Waals surface area contributed by atoms with E-state index in [0.717, 1.165) is 17.8 Å². The van der Waals surface area contributed by atoms with Crippen molar-refractivity contribution in [1.82, 2.24) is 0 Å². The molecule has 6 atom stereocenters. The quantitative estimate of drug-likeness (QED) is 0.436. The van der Waals surface area contributed by atoms with Gasteiger partial charge in [-0.3, -0.25) is 0 Å². The second-order valence-corrected chi connectivity index (χ2v) is 6.49. The summed E-state index contributed by atoms with van der Waals surface area (Å²) >= 11 is 0. The number of rotatable bonds is 0. The van der Waals surface area contributed by atoms with Crippen molar-refractivity contribution >= 4 is 0 Å². The number of allylic oxidation sites excluding steroid dienone is 2. The largest absolute Gasteiger partial charge is 0.366 e. The fourth-order valence-corrected chi connectivity index (χ4v) is 5.28. The smallest absolute Gasteiger partial charge is 0.0981 e. The third-order valence-corrected chi connectivity index (χ3v) is 6.06. The Labute approximate surface area is 91.9 Å². The first-order valence-electron chi connectivity index (χ1n) is 6.50. The standard InChI is InChI=1S/C14H20O/c1-9-14(15-9)8-10-7-12(14)13(2)6-4-3-5-11(10)13/h3-4,9-12H,5-8H2,1-2H3. The molecule has 0 aromatic rings. The lowest BCUT2D eigenvalue weighted by Gasteiger charge is -2.45. The van der Waals surface area contributed by atoms with E-state index in [4.69, 9.17) is 4.74 Å². The van der Waals surface area contributed by atoms with Crippen molar-refractivity contribution in [3.05, 3.63) is 12.2 Å². The fourth-order valence-electron chi connectivity index (χ4n) is 5.28. The zero-order valence-corrected chi connectivity index (χ0v) is 9.70. The Morgan fingerprint density at radius 3 is 2.87 bits per heavy atom. The molecule has 0 amide bonds. The van der Waals surface area contributed by atoms with E-state index in [9.17, 15) is 0 Å². The molecule has 1 spiro atoms. The Hall–Kier alpha value is -0.300. The van der Waals surface area contributed by atoms with Gasteiger partial charge in [-0.1, -0.05) is 19.1 Å². The lowest BCUT2D eigenvalue weighted by Crippen LogP contribution is -2.43. The van der Waals surface area contributed by atoms with Gasteiger partial charge >= 0.3 is 0 Å². The topological polar surface area (TPSA) is 12.5 Å². The van der Waals surface area contributed by atoms with Crippen molar-refractivity contribution < 1.29 is 4.74 Å². The lowest BCUT2D eigenvalue weighted by molar-refractivity contribution is 0.0343. The molecule has 0 radical (unpaired) electrons. The highest BCUT2D eigenvalue weighted by Gasteiger charge is 2.73. The molecule has 1 aliphatic heterocycles. The van der Waals surface area contributed by atoms with Gasteiger partial charge in [-0.05, 0) is 55.8 Å². The highest BCUT2D eigenvalue weighted by atomic mass is 16.6. The highest BCUT2D eigenvalue weighted by molar-refractivity contribution is 5.24. The molecule has 4 rings (SSSR count).